The van der Waals surface area contributed by atoms with Crippen molar-refractivity contribution in [3.05, 3.63) is 95.2 Å². The van der Waals surface area contributed by atoms with Gasteiger partial charge in [0, 0.05) is 91.7 Å². The van der Waals surface area contributed by atoms with Crippen molar-refractivity contribution in [2.75, 3.05) is 62.8 Å². The third-order valence-electron chi connectivity index (χ3n) is 10.9. The van der Waals surface area contributed by atoms with Gasteiger partial charge in [0.2, 0.25) is 11.3 Å². The number of unbranched alkanes of at least 4 members (excludes halogenated alkanes) is 2. The first-order valence-electron chi connectivity index (χ1n) is 20.2. The number of hydrogen-bond donors (Lipinski definition) is 1. The monoisotopic (exact) mass is 930 g/mol. The van der Waals surface area contributed by atoms with E-state index in [4.69, 9.17) is 9.15 Å². The largest absolute Gasteiger partial charge is 0.748 e. The number of methoxy groups -OCH3 is 1. The number of rotatable bonds is 23. The maximum atomic E-state index is 12.5. The second-order valence-corrected chi connectivity index (χ2v) is 19.8. The van der Waals surface area contributed by atoms with E-state index >= 15 is 0 Å². The molecule has 0 bridgehead atoms. The number of amides is 3. The number of benzene rings is 2. The maximum absolute atomic E-state index is 12.5. The summed E-state index contributed by atoms with van der Waals surface area (Å²) in [7, 11) is -12.3. The quantitative estimate of drug-likeness (QED) is 0.0619. The fraction of sp³-hybridized carbons (Fsp3) is 0.429. The Bertz CT molecular complexity index is 2640. The molecule has 0 saturated carbocycles. The van der Waals surface area contributed by atoms with Crippen molar-refractivity contribution >= 4 is 59.8 Å². The number of nitrogens with zero attached hydrogens (tertiary/aromatic N) is 3. The molecule has 5 rings (SSSR count). The van der Waals surface area contributed by atoms with Crippen LogP contribution in [0.5, 0.6) is 0 Å². The maximum Gasteiger partial charge on any atom is 0.253 e. The van der Waals surface area contributed by atoms with E-state index in [2.05, 4.69) is 5.32 Å². The van der Waals surface area contributed by atoms with Gasteiger partial charge in [-0.1, -0.05) is 18.6 Å². The molecule has 4 aliphatic rings. The van der Waals surface area contributed by atoms with Crippen LogP contribution >= 0.6 is 0 Å². The van der Waals surface area contributed by atoms with Crippen LogP contribution in [0.3, 0.4) is 0 Å². The van der Waals surface area contributed by atoms with Crippen molar-refractivity contribution in [3.63, 3.8) is 0 Å². The van der Waals surface area contributed by atoms with Crippen LogP contribution in [0, 0.1) is 0 Å². The minimum Gasteiger partial charge on any atom is -0.748 e. The molecular formula is C42H50N4O14S3-2. The predicted octanol–water partition coefficient (Wildman–Crippen LogP) is 2.24. The Kier molecular flexibility index (Phi) is 16.4. The van der Waals surface area contributed by atoms with Gasteiger partial charge in [-0.15, -0.1) is 0 Å². The van der Waals surface area contributed by atoms with E-state index in [1.807, 2.05) is 33.8 Å². The lowest BCUT2D eigenvalue weighted by Crippen LogP contribution is -2.38. The highest BCUT2D eigenvalue weighted by atomic mass is 32.2. The molecule has 1 aromatic carbocycles. The summed E-state index contributed by atoms with van der Waals surface area (Å²) in [6, 6.07) is 11.3. The molecule has 1 unspecified atom stereocenters. The number of nitrogens with one attached hydrogen (secondary N) is 1. The van der Waals surface area contributed by atoms with Crippen molar-refractivity contribution in [1.29, 1.82) is 0 Å². The molecule has 1 N–H and O–H groups in total. The van der Waals surface area contributed by atoms with Crippen LogP contribution in [0.2, 0.25) is 0 Å². The molecule has 0 saturated heterocycles. The lowest BCUT2D eigenvalue weighted by atomic mass is 9.77. The van der Waals surface area contributed by atoms with Gasteiger partial charge in [-0.2, -0.15) is 0 Å². The average Bonchev–Trinajstić information content (AvgIpc) is 3.64. The van der Waals surface area contributed by atoms with Crippen LogP contribution in [0.25, 0.3) is 17.4 Å². The summed E-state index contributed by atoms with van der Waals surface area (Å²) in [5, 5.41) is 3.43. The van der Waals surface area contributed by atoms with E-state index in [0.717, 1.165) is 21.4 Å². The molecule has 0 spiro atoms. The molecule has 3 heterocycles. The van der Waals surface area contributed by atoms with Gasteiger partial charge in [0.05, 0.1) is 37.5 Å². The Labute approximate surface area is 367 Å². The summed E-state index contributed by atoms with van der Waals surface area (Å²) >= 11 is 0. The van der Waals surface area contributed by atoms with Gasteiger partial charge in [-0.05, 0) is 80.1 Å². The van der Waals surface area contributed by atoms with Crippen LogP contribution < -0.4 is 20.1 Å². The molecule has 21 heteroatoms. The zero-order valence-corrected chi connectivity index (χ0v) is 37.3. The minimum absolute atomic E-state index is 0.0520. The molecule has 3 aliphatic heterocycles. The van der Waals surface area contributed by atoms with Gasteiger partial charge >= 0.3 is 0 Å². The second kappa shape index (κ2) is 21.1. The SMILES string of the molecule is COCC[N+](CCCS(=O)(=O)[O-])=c1ccc2c(/C=C/C=C3/N(CCCCCC(=O)NCCN4C(=O)C=CC4=O)c4ccc(S(=O)(=O)[O-])cc4C3(C)CCCS(=O)(=O)[O-])ccoc-2c1. The van der Waals surface area contributed by atoms with Crippen molar-refractivity contribution < 1.29 is 62.4 Å². The topological polar surface area (TPSA) is 267 Å². The van der Waals surface area contributed by atoms with Crippen molar-refractivity contribution in [2.45, 2.75) is 62.2 Å². The summed E-state index contributed by atoms with van der Waals surface area (Å²) in [6.07, 6.45) is 11.3. The Morgan fingerprint density at radius 1 is 0.857 bits per heavy atom. The molecule has 1 aliphatic carbocycles. The van der Waals surface area contributed by atoms with E-state index in [1.54, 1.807) is 32.2 Å². The summed E-state index contributed by atoms with van der Waals surface area (Å²) in [4.78, 5) is 38.6. The number of imide groups is 1. The molecule has 0 radical (unpaired) electrons. The first-order valence-corrected chi connectivity index (χ1v) is 24.8. The molecule has 342 valence electrons. The highest BCUT2D eigenvalue weighted by Gasteiger charge is 2.43. The van der Waals surface area contributed by atoms with Crippen LogP contribution in [-0.2, 0) is 54.9 Å². The number of carbonyl (C=O) groups excluding carboxylic acids is 3. The van der Waals surface area contributed by atoms with Crippen LogP contribution in [0.1, 0.15) is 63.0 Å². The summed E-state index contributed by atoms with van der Waals surface area (Å²) in [5.74, 6) is -1.78. The average molecular weight is 931 g/mol. The molecule has 0 fully saturated rings. The first kappa shape index (κ1) is 49.0. The normalized spacial score (nSPS) is 18.0. The summed E-state index contributed by atoms with van der Waals surface area (Å²) in [6.45, 7) is 3.40. The zero-order chi connectivity index (χ0) is 46.0. The highest BCUT2D eigenvalue weighted by molar-refractivity contribution is 7.86. The third kappa shape index (κ3) is 13.5. The molecule has 3 amide bonds. The highest BCUT2D eigenvalue weighted by Crippen LogP contribution is 2.51. The molecule has 63 heavy (non-hydrogen) atoms. The lowest BCUT2D eigenvalue weighted by molar-refractivity contribution is -0.137. The lowest BCUT2D eigenvalue weighted by Gasteiger charge is -2.31. The van der Waals surface area contributed by atoms with Gasteiger partial charge in [-0.25, -0.2) is 29.8 Å². The fourth-order valence-corrected chi connectivity index (χ4v) is 9.26. The van der Waals surface area contributed by atoms with Crippen LogP contribution in [0.15, 0.2) is 88.0 Å². The first-order chi connectivity index (χ1) is 29.7. The molecule has 1 aromatic rings. The van der Waals surface area contributed by atoms with Crippen molar-refractivity contribution in [2.24, 2.45) is 0 Å². The number of anilines is 1. The fourth-order valence-electron chi connectivity index (χ4n) is 7.78. The van der Waals surface area contributed by atoms with Gasteiger partial charge in [0.25, 0.3) is 11.8 Å². The Hall–Kier alpha value is -5.03. The second-order valence-electron chi connectivity index (χ2n) is 15.4. The van der Waals surface area contributed by atoms with Crippen molar-refractivity contribution in [3.8, 4) is 11.3 Å². The number of allylic oxidation sites excluding steroid dienone is 3. The van der Waals surface area contributed by atoms with Gasteiger partial charge in [0.15, 0.2) is 6.54 Å². The van der Waals surface area contributed by atoms with E-state index < -0.39 is 64.0 Å². The summed E-state index contributed by atoms with van der Waals surface area (Å²) < 4.78 is 118. The van der Waals surface area contributed by atoms with Gasteiger partial charge in [0.1, 0.15) is 29.0 Å². The predicted molar refractivity (Wildman–Crippen MR) is 229 cm³/mol. The molecule has 18 nitrogen and oxygen atoms in total. The third-order valence-corrected chi connectivity index (χ3v) is 13.3. The van der Waals surface area contributed by atoms with Crippen LogP contribution in [0.4, 0.5) is 5.69 Å². The van der Waals surface area contributed by atoms with Gasteiger partial charge in [-0.3, -0.25) is 19.3 Å². The standard InChI is InChI=1S/C42H52N4O14S3/c1-42(19-7-27-61(50,51)52)35-30-33(63(56,57)58)13-15-36(35)45(22-5-3-4-11-39(47)43-20-23-46-40(48)16-17-41(46)49)38(42)10-6-9-31-18-25-60-37-29-32(12-14-34(31)37)44(24-26-59-2)21-8-28-62(53,54)55/h6,9-10,12-18,25,29-30H,3-5,7-8,11,19-24,26-28H2,1-2H3,(H3-,43,47,50,51,52,53,54,55,56,57,58)/p-2. The van der Waals surface area contributed by atoms with E-state index in [1.165, 1.54) is 36.6 Å². The van der Waals surface area contributed by atoms with Gasteiger partial charge < -0.3 is 33.0 Å². The number of fused-ring (bicyclic) bond motifs is 2. The zero-order valence-electron chi connectivity index (χ0n) is 34.9. The molecular weight excluding hydrogens is 881 g/mol. The Balaban J connectivity index is 1.42. The minimum atomic E-state index is -4.88. The molecule has 0 aromatic heterocycles. The Morgan fingerprint density at radius 2 is 1.57 bits per heavy atom. The van der Waals surface area contributed by atoms with Crippen molar-refractivity contribution in [1.82, 2.24) is 14.8 Å². The van der Waals surface area contributed by atoms with E-state index in [0.29, 0.717) is 61.7 Å². The number of ether oxygens (including phenoxy) is 1. The number of hydrogen-bond acceptors (Lipinski definition) is 15. The smallest absolute Gasteiger partial charge is 0.253 e. The number of carbonyl (C=O) groups is 3. The van der Waals surface area contributed by atoms with Crippen LogP contribution in [-0.4, -0.2) is 119 Å². The Morgan fingerprint density at radius 3 is 2.25 bits per heavy atom. The summed E-state index contributed by atoms with van der Waals surface area (Å²) in [5.41, 5.74) is 2.12. The molecule has 1 atom stereocenters. The van der Waals surface area contributed by atoms with E-state index in [-0.39, 0.29) is 51.2 Å². The van der Waals surface area contributed by atoms with E-state index in [9.17, 15) is 53.3 Å².